The van der Waals surface area contributed by atoms with Crippen LogP contribution in [0.25, 0.3) is 22.5 Å². The van der Waals surface area contributed by atoms with Crippen molar-refractivity contribution in [3.8, 4) is 34.5 Å². The number of nitriles is 1. The second-order valence-electron chi connectivity index (χ2n) is 7.57. The molecule has 33 heavy (non-hydrogen) atoms. The Labute approximate surface area is 188 Å². The van der Waals surface area contributed by atoms with Crippen molar-refractivity contribution in [3.05, 3.63) is 89.4 Å². The lowest BCUT2D eigenvalue weighted by atomic mass is 9.82. The largest absolute Gasteiger partial charge is 0.420 e. The van der Waals surface area contributed by atoms with Crippen LogP contribution in [0.15, 0.2) is 78.3 Å². The first-order chi connectivity index (χ1) is 16.1. The summed E-state index contributed by atoms with van der Waals surface area (Å²) in [6.45, 7) is -0.103. The number of ether oxygens (including phenoxy) is 1. The van der Waals surface area contributed by atoms with E-state index in [1.165, 1.54) is 4.68 Å². The summed E-state index contributed by atoms with van der Waals surface area (Å²) in [5, 5.41) is 22.0. The lowest BCUT2D eigenvalue weighted by Crippen LogP contribution is -2.21. The zero-order valence-corrected chi connectivity index (χ0v) is 17.4. The molecule has 0 unspecified atom stereocenters. The van der Waals surface area contributed by atoms with Crippen LogP contribution in [0.1, 0.15) is 17.0 Å². The van der Waals surface area contributed by atoms with Gasteiger partial charge in [0.15, 0.2) is 0 Å². The molecule has 0 bridgehead atoms. The van der Waals surface area contributed by atoms with Gasteiger partial charge < -0.3 is 16.2 Å². The van der Waals surface area contributed by atoms with Crippen molar-refractivity contribution in [3.63, 3.8) is 0 Å². The number of nitrogens with two attached hydrogens (primary N) is 2. The maximum Gasteiger partial charge on any atom is 0.244 e. The predicted molar refractivity (Wildman–Crippen MR) is 120 cm³/mol. The monoisotopic (exact) mass is 437 g/mol. The number of nitrogens with zero attached hydrogens (tertiary/aromatic N) is 4. The van der Waals surface area contributed by atoms with Crippen LogP contribution in [-0.4, -0.2) is 25.9 Å². The number of aromatic nitrogens is 4. The average molecular weight is 437 g/mol. The first kappa shape index (κ1) is 20.1. The van der Waals surface area contributed by atoms with E-state index in [9.17, 15) is 10.1 Å². The first-order valence-corrected chi connectivity index (χ1v) is 10.2. The Morgan fingerprint density at radius 3 is 2.42 bits per heavy atom. The Hall–Kier alpha value is -4.84. The second-order valence-corrected chi connectivity index (χ2v) is 7.57. The van der Waals surface area contributed by atoms with E-state index in [4.69, 9.17) is 16.2 Å². The number of allylic oxidation sites excluding steroid dienone is 1. The smallest absolute Gasteiger partial charge is 0.244 e. The Kier molecular flexibility index (Phi) is 4.88. The van der Waals surface area contributed by atoms with E-state index in [1.807, 2.05) is 60.7 Å². The molecule has 5 rings (SSSR count). The fourth-order valence-corrected chi connectivity index (χ4v) is 4.09. The molecule has 1 aliphatic rings. The Morgan fingerprint density at radius 1 is 1.12 bits per heavy atom. The summed E-state index contributed by atoms with van der Waals surface area (Å²) >= 11 is 0. The Balaban J connectivity index is 1.77. The normalized spacial score (nSPS) is 14.9. The van der Waals surface area contributed by atoms with Gasteiger partial charge in [-0.25, -0.2) is 0 Å². The third-order valence-corrected chi connectivity index (χ3v) is 5.47. The fourth-order valence-electron chi connectivity index (χ4n) is 4.09. The van der Waals surface area contributed by atoms with Crippen molar-refractivity contribution in [2.45, 2.75) is 12.5 Å². The van der Waals surface area contributed by atoms with Crippen molar-refractivity contribution in [1.29, 1.82) is 5.26 Å². The topological polar surface area (TPSA) is 149 Å². The third-order valence-electron chi connectivity index (χ3n) is 5.47. The van der Waals surface area contributed by atoms with Crippen LogP contribution in [0.2, 0.25) is 0 Å². The molecule has 1 amide bonds. The number of amides is 1. The summed E-state index contributed by atoms with van der Waals surface area (Å²) in [6.07, 6.45) is 1.72. The van der Waals surface area contributed by atoms with E-state index in [0.717, 1.165) is 11.1 Å². The van der Waals surface area contributed by atoms with E-state index in [-0.39, 0.29) is 23.9 Å². The molecule has 0 saturated heterocycles. The molecule has 0 fully saturated rings. The van der Waals surface area contributed by atoms with Gasteiger partial charge >= 0.3 is 0 Å². The Bertz CT molecular complexity index is 1410. The number of carbonyl (C=O) groups is 1. The molecule has 1 atom stereocenters. The van der Waals surface area contributed by atoms with Gasteiger partial charge in [0.25, 0.3) is 0 Å². The summed E-state index contributed by atoms with van der Waals surface area (Å²) < 4.78 is 7.17. The van der Waals surface area contributed by atoms with Gasteiger partial charge in [0.2, 0.25) is 17.7 Å². The van der Waals surface area contributed by atoms with Gasteiger partial charge in [-0.1, -0.05) is 60.7 Å². The highest BCUT2D eigenvalue weighted by Crippen LogP contribution is 2.47. The van der Waals surface area contributed by atoms with E-state index in [2.05, 4.69) is 21.4 Å². The van der Waals surface area contributed by atoms with Gasteiger partial charge in [0, 0.05) is 17.3 Å². The molecule has 3 heterocycles. The van der Waals surface area contributed by atoms with Crippen molar-refractivity contribution in [2.75, 3.05) is 0 Å². The molecule has 9 nitrogen and oxygen atoms in total. The van der Waals surface area contributed by atoms with Gasteiger partial charge in [0.1, 0.15) is 18.2 Å². The summed E-state index contributed by atoms with van der Waals surface area (Å²) in [5.74, 6) is -0.885. The van der Waals surface area contributed by atoms with Crippen molar-refractivity contribution in [1.82, 2.24) is 20.0 Å². The molecule has 5 N–H and O–H groups in total. The summed E-state index contributed by atoms with van der Waals surface area (Å²) in [7, 11) is 0. The van der Waals surface area contributed by atoms with Gasteiger partial charge in [-0.3, -0.25) is 14.6 Å². The number of aromatic amines is 1. The van der Waals surface area contributed by atoms with Crippen LogP contribution in [0.3, 0.4) is 0 Å². The summed E-state index contributed by atoms with van der Waals surface area (Å²) in [6, 6.07) is 21.3. The molecular weight excluding hydrogens is 418 g/mol. The number of rotatable bonds is 5. The van der Waals surface area contributed by atoms with E-state index < -0.39 is 11.8 Å². The summed E-state index contributed by atoms with van der Waals surface area (Å²) in [4.78, 5) is 11.6. The molecule has 162 valence electrons. The molecule has 0 saturated carbocycles. The molecular formula is C24H19N7O2. The number of hydrogen-bond donors (Lipinski definition) is 3. The van der Waals surface area contributed by atoms with Crippen LogP contribution in [0.4, 0.5) is 0 Å². The van der Waals surface area contributed by atoms with Crippen LogP contribution in [0, 0.1) is 11.3 Å². The van der Waals surface area contributed by atoms with Crippen LogP contribution < -0.4 is 16.2 Å². The SMILES string of the molecule is N#CC1=C(N)Oc2n[nH]c(-c3ccccc3)c2[C@@H]1c1cn(CC(N)=O)nc1-c1ccccc1. The highest BCUT2D eigenvalue weighted by molar-refractivity contribution is 5.76. The molecule has 0 spiro atoms. The predicted octanol–water partition coefficient (Wildman–Crippen LogP) is 2.64. The number of fused-ring (bicyclic) bond motifs is 1. The van der Waals surface area contributed by atoms with Crippen LogP contribution >= 0.6 is 0 Å². The minimum atomic E-state index is -0.621. The standard InChI is InChI=1S/C24H19N7O2/c25-11-16-19(17-12-31(13-18(26)32)30-21(17)14-7-3-1-4-8-14)20-22(15-9-5-2-6-10-15)28-29-24(20)33-23(16)27/h1-10,12,19H,13,27H2,(H2,26,32)(H,28,29)/t19-/m0/s1. The van der Waals surface area contributed by atoms with Gasteiger partial charge in [-0.05, 0) is 5.56 Å². The van der Waals surface area contributed by atoms with Crippen molar-refractivity contribution >= 4 is 5.91 Å². The van der Waals surface area contributed by atoms with Crippen molar-refractivity contribution in [2.24, 2.45) is 11.5 Å². The summed E-state index contributed by atoms with van der Waals surface area (Å²) in [5.41, 5.74) is 16.2. The molecule has 0 aliphatic carbocycles. The van der Waals surface area contributed by atoms with Crippen LogP contribution in [-0.2, 0) is 11.3 Å². The van der Waals surface area contributed by atoms with Crippen molar-refractivity contribution < 1.29 is 9.53 Å². The Morgan fingerprint density at radius 2 is 1.79 bits per heavy atom. The van der Waals surface area contributed by atoms with Gasteiger partial charge in [-0.2, -0.15) is 10.4 Å². The lowest BCUT2D eigenvalue weighted by Gasteiger charge is -2.24. The molecule has 9 heteroatoms. The van der Waals surface area contributed by atoms with Gasteiger partial charge in [0.05, 0.1) is 22.9 Å². The van der Waals surface area contributed by atoms with E-state index >= 15 is 0 Å². The highest BCUT2D eigenvalue weighted by Gasteiger charge is 2.38. The molecule has 2 aromatic heterocycles. The number of nitrogens with one attached hydrogen (secondary N) is 1. The average Bonchev–Trinajstić information content (AvgIpc) is 3.43. The molecule has 1 aliphatic heterocycles. The maximum absolute atomic E-state index is 11.6. The number of benzene rings is 2. The number of H-pyrrole nitrogens is 1. The third kappa shape index (κ3) is 3.49. The molecule has 2 aromatic carbocycles. The number of carbonyl (C=O) groups excluding carboxylic acids is 1. The van der Waals surface area contributed by atoms with E-state index in [1.54, 1.807) is 6.20 Å². The molecule has 0 radical (unpaired) electrons. The minimum absolute atomic E-state index is 0.0252. The second kappa shape index (κ2) is 8.01. The minimum Gasteiger partial charge on any atom is -0.420 e. The quantitative estimate of drug-likeness (QED) is 0.437. The number of primary amides is 1. The van der Waals surface area contributed by atoms with Crippen LogP contribution in [0.5, 0.6) is 5.88 Å². The maximum atomic E-state index is 11.6. The lowest BCUT2D eigenvalue weighted by molar-refractivity contribution is -0.118. The zero-order chi connectivity index (χ0) is 22.9. The highest BCUT2D eigenvalue weighted by atomic mass is 16.5. The number of hydrogen-bond acceptors (Lipinski definition) is 6. The van der Waals surface area contributed by atoms with Gasteiger partial charge in [-0.15, -0.1) is 5.10 Å². The molecule has 4 aromatic rings. The zero-order valence-electron chi connectivity index (χ0n) is 17.4. The first-order valence-electron chi connectivity index (χ1n) is 10.2. The van der Waals surface area contributed by atoms with E-state index in [0.29, 0.717) is 22.5 Å². The fraction of sp³-hybridized carbons (Fsp3) is 0.0833.